The first-order chi connectivity index (χ1) is 10.5. The summed E-state index contributed by atoms with van der Waals surface area (Å²) in [6, 6.07) is 1.38. The van der Waals surface area contributed by atoms with Crippen molar-refractivity contribution >= 4 is 11.9 Å². The number of hydrogen-bond donors (Lipinski definition) is 1. The van der Waals surface area contributed by atoms with Crippen LogP contribution in [-0.2, 0) is 14.3 Å². The summed E-state index contributed by atoms with van der Waals surface area (Å²) in [5.74, 6) is -2.97. The maximum Gasteiger partial charge on any atom is 0.333 e. The first-order valence-electron chi connectivity index (χ1n) is 7.01. The van der Waals surface area contributed by atoms with Gasteiger partial charge in [0.15, 0.2) is 6.04 Å². The predicted octanol–water partition coefficient (Wildman–Crippen LogP) is 2.65. The third kappa shape index (κ3) is 3.69. The summed E-state index contributed by atoms with van der Waals surface area (Å²) >= 11 is 0. The summed E-state index contributed by atoms with van der Waals surface area (Å²) in [7, 11) is 1.13. The molecule has 1 aromatic rings. The molecule has 1 aliphatic carbocycles. The molecule has 1 N–H and O–H groups in total. The van der Waals surface area contributed by atoms with E-state index in [1.165, 1.54) is 0 Å². The molecule has 1 aromatic carbocycles. The Morgan fingerprint density at radius 1 is 1.32 bits per heavy atom. The molecular formula is C16H17F2NO3. The van der Waals surface area contributed by atoms with E-state index in [4.69, 9.17) is 0 Å². The molecule has 0 radical (unpaired) electrons. The zero-order valence-corrected chi connectivity index (χ0v) is 12.1. The van der Waals surface area contributed by atoms with Crippen LogP contribution in [0.15, 0.2) is 30.4 Å². The number of ether oxygens (including phenoxy) is 1. The Kier molecular flexibility index (Phi) is 5.25. The number of benzene rings is 1. The van der Waals surface area contributed by atoms with Crippen LogP contribution >= 0.6 is 0 Å². The molecule has 0 spiro atoms. The Morgan fingerprint density at radius 3 is 2.73 bits per heavy atom. The Hall–Kier alpha value is -2.24. The fourth-order valence-corrected chi connectivity index (χ4v) is 2.41. The van der Waals surface area contributed by atoms with Crippen molar-refractivity contribution < 1.29 is 23.1 Å². The van der Waals surface area contributed by atoms with Gasteiger partial charge in [-0.3, -0.25) is 4.79 Å². The second-order valence-electron chi connectivity index (χ2n) is 5.11. The van der Waals surface area contributed by atoms with Gasteiger partial charge in [-0.05, 0) is 37.5 Å². The fraction of sp³-hybridized carbons (Fsp3) is 0.375. The van der Waals surface area contributed by atoms with Gasteiger partial charge < -0.3 is 10.1 Å². The van der Waals surface area contributed by atoms with E-state index in [1.807, 2.05) is 12.2 Å². The number of nitrogens with one attached hydrogen (secondary N) is 1. The van der Waals surface area contributed by atoms with Crippen LogP contribution in [0.3, 0.4) is 0 Å². The number of carbonyl (C=O) groups is 2. The summed E-state index contributed by atoms with van der Waals surface area (Å²) < 4.78 is 31.8. The molecular weight excluding hydrogens is 292 g/mol. The molecule has 0 saturated carbocycles. The smallest absolute Gasteiger partial charge is 0.333 e. The molecule has 0 aromatic heterocycles. The zero-order chi connectivity index (χ0) is 16.1. The molecule has 2 unspecified atom stereocenters. The minimum Gasteiger partial charge on any atom is -0.467 e. The number of halogens is 2. The molecule has 0 bridgehead atoms. The van der Waals surface area contributed by atoms with Crippen LogP contribution in [0.4, 0.5) is 8.78 Å². The average Bonchev–Trinajstić information content (AvgIpc) is 2.55. The minimum absolute atomic E-state index is 0.244. The third-order valence-corrected chi connectivity index (χ3v) is 3.63. The summed E-state index contributed by atoms with van der Waals surface area (Å²) in [6.45, 7) is 0. The van der Waals surface area contributed by atoms with Crippen LogP contribution in [0.25, 0.3) is 0 Å². The minimum atomic E-state index is -1.36. The van der Waals surface area contributed by atoms with Crippen molar-refractivity contribution in [1.82, 2.24) is 5.32 Å². The molecule has 2 rings (SSSR count). The van der Waals surface area contributed by atoms with Gasteiger partial charge in [0.1, 0.15) is 11.6 Å². The number of hydrogen-bond acceptors (Lipinski definition) is 3. The second kappa shape index (κ2) is 7.15. The van der Waals surface area contributed by atoms with E-state index >= 15 is 0 Å². The number of carbonyl (C=O) groups excluding carboxylic acids is 2. The lowest BCUT2D eigenvalue weighted by molar-refractivity contribution is -0.146. The molecule has 4 nitrogen and oxygen atoms in total. The Labute approximate surface area is 127 Å². The van der Waals surface area contributed by atoms with E-state index in [2.05, 4.69) is 10.1 Å². The lowest BCUT2D eigenvalue weighted by Crippen LogP contribution is -2.39. The van der Waals surface area contributed by atoms with Gasteiger partial charge in [0.2, 0.25) is 5.91 Å². The van der Waals surface area contributed by atoms with E-state index in [-0.39, 0.29) is 17.4 Å². The number of rotatable bonds is 4. The first kappa shape index (κ1) is 16.1. The van der Waals surface area contributed by atoms with Crippen LogP contribution in [0, 0.1) is 17.6 Å². The number of methoxy groups -OCH3 is 1. The summed E-state index contributed by atoms with van der Waals surface area (Å²) in [5, 5.41) is 2.47. The van der Waals surface area contributed by atoms with Crippen LogP contribution in [0.1, 0.15) is 30.9 Å². The van der Waals surface area contributed by atoms with Gasteiger partial charge in [0.05, 0.1) is 7.11 Å². The number of amides is 1. The van der Waals surface area contributed by atoms with Crippen molar-refractivity contribution in [2.24, 2.45) is 5.92 Å². The van der Waals surface area contributed by atoms with Crippen molar-refractivity contribution in [1.29, 1.82) is 0 Å². The van der Waals surface area contributed by atoms with Crippen molar-refractivity contribution in [2.45, 2.75) is 25.3 Å². The van der Waals surface area contributed by atoms with E-state index in [0.717, 1.165) is 31.7 Å². The average molecular weight is 309 g/mol. The maximum absolute atomic E-state index is 13.9. The normalized spacial score (nSPS) is 18.6. The van der Waals surface area contributed by atoms with Crippen molar-refractivity contribution in [3.05, 3.63) is 47.5 Å². The molecule has 0 heterocycles. The molecule has 118 valence electrons. The topological polar surface area (TPSA) is 55.4 Å². The van der Waals surface area contributed by atoms with Gasteiger partial charge in [0, 0.05) is 11.5 Å². The molecule has 0 fully saturated rings. The maximum atomic E-state index is 13.9. The standard InChI is InChI=1S/C16H17F2NO3/c1-22-16(21)14(12-9-11(17)7-8-13(12)18)19-15(20)10-5-3-2-4-6-10/h2-3,7-10,14H,4-6H2,1H3,(H,19,20). The van der Waals surface area contributed by atoms with Gasteiger partial charge in [-0.25, -0.2) is 13.6 Å². The van der Waals surface area contributed by atoms with Crippen molar-refractivity contribution in [3.63, 3.8) is 0 Å². The highest BCUT2D eigenvalue weighted by Gasteiger charge is 2.29. The van der Waals surface area contributed by atoms with E-state index in [9.17, 15) is 18.4 Å². The quantitative estimate of drug-likeness (QED) is 0.687. The molecule has 22 heavy (non-hydrogen) atoms. The largest absolute Gasteiger partial charge is 0.467 e. The SMILES string of the molecule is COC(=O)C(NC(=O)C1CC=CCC1)c1cc(F)ccc1F. The van der Waals surface area contributed by atoms with Gasteiger partial charge in [-0.2, -0.15) is 0 Å². The molecule has 1 aliphatic rings. The second-order valence-corrected chi connectivity index (χ2v) is 5.11. The van der Waals surface area contributed by atoms with Crippen molar-refractivity contribution in [3.8, 4) is 0 Å². The van der Waals surface area contributed by atoms with Crippen LogP contribution in [-0.4, -0.2) is 19.0 Å². The fourth-order valence-electron chi connectivity index (χ4n) is 2.41. The van der Waals surface area contributed by atoms with Crippen LogP contribution in [0.2, 0.25) is 0 Å². The lowest BCUT2D eigenvalue weighted by atomic mass is 9.93. The van der Waals surface area contributed by atoms with Crippen LogP contribution < -0.4 is 5.32 Å². The highest BCUT2D eigenvalue weighted by Crippen LogP contribution is 2.23. The molecule has 6 heteroatoms. The zero-order valence-electron chi connectivity index (χ0n) is 12.1. The molecule has 1 amide bonds. The van der Waals surface area contributed by atoms with Gasteiger partial charge in [-0.15, -0.1) is 0 Å². The highest BCUT2D eigenvalue weighted by molar-refractivity contribution is 5.86. The lowest BCUT2D eigenvalue weighted by Gasteiger charge is -2.22. The number of esters is 1. The van der Waals surface area contributed by atoms with E-state index in [1.54, 1.807) is 0 Å². The van der Waals surface area contributed by atoms with Crippen LogP contribution in [0.5, 0.6) is 0 Å². The highest BCUT2D eigenvalue weighted by atomic mass is 19.1. The molecule has 0 saturated heterocycles. The number of allylic oxidation sites excluding steroid dienone is 2. The summed E-state index contributed by atoms with van der Waals surface area (Å²) in [4.78, 5) is 24.1. The van der Waals surface area contributed by atoms with Gasteiger partial charge in [0.25, 0.3) is 0 Å². The van der Waals surface area contributed by atoms with Crippen molar-refractivity contribution in [2.75, 3.05) is 7.11 Å². The first-order valence-corrected chi connectivity index (χ1v) is 7.01. The van der Waals surface area contributed by atoms with E-state index < -0.39 is 23.6 Å². The summed E-state index contributed by atoms with van der Waals surface area (Å²) in [5.41, 5.74) is -0.244. The third-order valence-electron chi connectivity index (χ3n) is 3.63. The monoisotopic (exact) mass is 309 g/mol. The Balaban J connectivity index is 2.23. The van der Waals surface area contributed by atoms with Gasteiger partial charge in [-0.1, -0.05) is 12.2 Å². The molecule has 2 atom stereocenters. The Morgan fingerprint density at radius 2 is 2.09 bits per heavy atom. The van der Waals surface area contributed by atoms with Gasteiger partial charge >= 0.3 is 5.97 Å². The molecule has 0 aliphatic heterocycles. The summed E-state index contributed by atoms with van der Waals surface area (Å²) in [6.07, 6.45) is 5.86. The van der Waals surface area contributed by atoms with E-state index in [0.29, 0.717) is 12.8 Å². The predicted molar refractivity (Wildman–Crippen MR) is 75.7 cm³/mol. The Bertz CT molecular complexity index is 601.